The first-order chi connectivity index (χ1) is 13.5. The van der Waals surface area contributed by atoms with E-state index in [1.807, 2.05) is 60.4 Å². The van der Waals surface area contributed by atoms with Crippen molar-refractivity contribution < 1.29 is 14.3 Å². The number of fused-ring (bicyclic) bond motifs is 4. The third-order valence-electron chi connectivity index (χ3n) is 5.07. The molecule has 2 aromatic carbocycles. The van der Waals surface area contributed by atoms with Gasteiger partial charge in [-0.3, -0.25) is 9.69 Å². The van der Waals surface area contributed by atoms with Crippen molar-refractivity contribution in [3.63, 3.8) is 0 Å². The maximum atomic E-state index is 13.1. The number of thiocarbonyl (C=S) groups is 1. The third kappa shape index (κ3) is 2.99. The predicted octanol–water partition coefficient (Wildman–Crippen LogP) is 4.34. The van der Waals surface area contributed by atoms with Gasteiger partial charge in [-0.25, -0.2) is 0 Å². The van der Waals surface area contributed by atoms with Crippen LogP contribution in [0.15, 0.2) is 65.7 Å². The second-order valence-corrected chi connectivity index (χ2v) is 8.14. The molecule has 3 atom stereocenters. The number of rotatable bonds is 4. The molecule has 144 valence electrons. The van der Waals surface area contributed by atoms with Crippen LogP contribution in [0.25, 0.3) is 0 Å². The number of halogens is 1. The predicted molar refractivity (Wildman–Crippen MR) is 115 cm³/mol. The lowest BCUT2D eigenvalue weighted by Crippen LogP contribution is -2.71. The Bertz CT molecular complexity index is 966. The van der Waals surface area contributed by atoms with Crippen molar-refractivity contribution in [2.24, 2.45) is 5.92 Å². The molecule has 2 aliphatic heterocycles. The Morgan fingerprint density at radius 3 is 2.93 bits per heavy atom. The van der Waals surface area contributed by atoms with Crippen molar-refractivity contribution in [2.75, 3.05) is 11.5 Å². The molecule has 4 rings (SSSR count). The van der Waals surface area contributed by atoms with Crippen LogP contribution >= 0.6 is 28.1 Å². The zero-order valence-corrected chi connectivity index (χ0v) is 17.6. The van der Waals surface area contributed by atoms with Crippen molar-refractivity contribution in [3.8, 4) is 5.75 Å². The molecule has 0 unspecified atom stereocenters. The molecule has 0 aromatic heterocycles. The van der Waals surface area contributed by atoms with Gasteiger partial charge in [-0.2, -0.15) is 0 Å². The van der Waals surface area contributed by atoms with Crippen LogP contribution in [0.1, 0.15) is 18.5 Å². The van der Waals surface area contributed by atoms with Gasteiger partial charge in [0.15, 0.2) is 5.11 Å². The van der Waals surface area contributed by atoms with Gasteiger partial charge in [0.05, 0.1) is 6.04 Å². The summed E-state index contributed by atoms with van der Waals surface area (Å²) in [5, 5.41) is 3.83. The van der Waals surface area contributed by atoms with E-state index in [1.165, 1.54) is 0 Å². The first-order valence-electron chi connectivity index (χ1n) is 8.87. The summed E-state index contributed by atoms with van der Waals surface area (Å²) < 4.78 is 12.8. The highest BCUT2D eigenvalue weighted by molar-refractivity contribution is 9.10. The molecule has 1 saturated heterocycles. The molecule has 1 N–H and O–H groups in total. The summed E-state index contributed by atoms with van der Waals surface area (Å²) in [6.45, 7) is 5.65. The van der Waals surface area contributed by atoms with E-state index in [-0.39, 0.29) is 18.6 Å². The largest absolute Gasteiger partial charge is 0.466 e. The Hall–Kier alpha value is -2.38. The Kier molecular flexibility index (Phi) is 4.89. The van der Waals surface area contributed by atoms with Gasteiger partial charge in [-0.15, -0.1) is 0 Å². The number of benzene rings is 2. The molecule has 7 heteroatoms. The van der Waals surface area contributed by atoms with Crippen LogP contribution in [0.3, 0.4) is 0 Å². The molecule has 0 spiro atoms. The number of esters is 1. The highest BCUT2D eigenvalue weighted by atomic mass is 79.9. The van der Waals surface area contributed by atoms with Gasteiger partial charge in [0.1, 0.15) is 18.3 Å². The second kappa shape index (κ2) is 7.22. The summed E-state index contributed by atoms with van der Waals surface area (Å²) in [5.74, 6) is -0.275. The van der Waals surface area contributed by atoms with Crippen LogP contribution in [-0.4, -0.2) is 23.4 Å². The van der Waals surface area contributed by atoms with E-state index in [1.54, 1.807) is 6.08 Å². The molecule has 0 saturated carbocycles. The molecular weight excluding hydrogens is 440 g/mol. The molecule has 2 bridgehead atoms. The monoisotopic (exact) mass is 458 g/mol. The molecular formula is C21H19BrN2O3S. The summed E-state index contributed by atoms with van der Waals surface area (Å²) in [5.41, 5.74) is 0.644. The number of nitrogens with one attached hydrogen (secondary N) is 1. The van der Waals surface area contributed by atoms with Gasteiger partial charge in [-0.1, -0.05) is 52.9 Å². The first kappa shape index (κ1) is 19.0. The van der Waals surface area contributed by atoms with Gasteiger partial charge >= 0.3 is 5.97 Å². The lowest BCUT2D eigenvalue weighted by atomic mass is 9.79. The van der Waals surface area contributed by atoms with Gasteiger partial charge in [0, 0.05) is 15.7 Å². The van der Waals surface area contributed by atoms with Crippen molar-refractivity contribution in [1.82, 2.24) is 5.32 Å². The Balaban J connectivity index is 1.87. The van der Waals surface area contributed by atoms with E-state index in [2.05, 4.69) is 27.8 Å². The normalized spacial score (nSPS) is 25.2. The minimum atomic E-state index is -1.06. The fraction of sp³-hybridized carbons (Fsp3) is 0.238. The van der Waals surface area contributed by atoms with E-state index >= 15 is 0 Å². The number of ether oxygens (including phenoxy) is 2. The van der Waals surface area contributed by atoms with E-state index < -0.39 is 11.6 Å². The maximum absolute atomic E-state index is 13.1. The Morgan fingerprint density at radius 1 is 1.39 bits per heavy atom. The number of para-hydroxylation sites is 1. The van der Waals surface area contributed by atoms with Crippen LogP contribution in [0.2, 0.25) is 0 Å². The summed E-state index contributed by atoms with van der Waals surface area (Å²) in [7, 11) is 0. The standard InChI is InChI=1S/C21H19BrN2O3S/c1-3-11-26-19(25)17-18-15-9-4-5-10-16(15)27-21(17,2)24(20(28)23-18)14-8-6-7-13(22)12-14/h3-10,12,17-18H,1,11H2,2H3,(H,23,28)/t17-,18-,21-/m0/s1. The number of nitrogens with zero attached hydrogens (tertiary/aromatic N) is 1. The van der Waals surface area contributed by atoms with Crippen molar-refractivity contribution >= 4 is 44.9 Å². The third-order valence-corrected chi connectivity index (χ3v) is 5.86. The minimum absolute atomic E-state index is 0.140. The SMILES string of the molecule is C=CCOC(=O)[C@@H]1[C@H]2NC(=S)N(c3cccc(Br)c3)[C@@]1(C)Oc1ccccc12. The lowest BCUT2D eigenvalue weighted by Gasteiger charge is -2.55. The molecule has 28 heavy (non-hydrogen) atoms. The summed E-state index contributed by atoms with van der Waals surface area (Å²) in [6, 6.07) is 15.1. The number of carbonyl (C=O) groups is 1. The van der Waals surface area contributed by atoms with Gasteiger partial charge < -0.3 is 14.8 Å². The molecule has 0 amide bonds. The second-order valence-electron chi connectivity index (χ2n) is 6.83. The summed E-state index contributed by atoms with van der Waals surface area (Å²) in [4.78, 5) is 14.9. The quantitative estimate of drug-likeness (QED) is 0.417. The van der Waals surface area contributed by atoms with E-state index in [0.717, 1.165) is 21.5 Å². The maximum Gasteiger partial charge on any atom is 0.317 e. The molecule has 0 radical (unpaired) electrons. The molecule has 2 heterocycles. The van der Waals surface area contributed by atoms with Crippen LogP contribution in [0.4, 0.5) is 5.69 Å². The number of anilines is 1. The molecule has 2 aliphatic rings. The van der Waals surface area contributed by atoms with Gasteiger partial charge in [-0.05, 0) is 43.4 Å². The van der Waals surface area contributed by atoms with Crippen LogP contribution in [0, 0.1) is 5.92 Å². The smallest absolute Gasteiger partial charge is 0.317 e. The molecule has 1 fully saturated rings. The highest BCUT2D eigenvalue weighted by Gasteiger charge is 2.59. The topological polar surface area (TPSA) is 50.8 Å². The fourth-order valence-corrected chi connectivity index (χ4v) is 4.73. The first-order valence-corrected chi connectivity index (χ1v) is 10.1. The number of carbonyl (C=O) groups excluding carboxylic acids is 1. The molecule has 5 nitrogen and oxygen atoms in total. The molecule has 2 aromatic rings. The lowest BCUT2D eigenvalue weighted by molar-refractivity contribution is -0.159. The van der Waals surface area contributed by atoms with Gasteiger partial charge in [0.2, 0.25) is 5.72 Å². The van der Waals surface area contributed by atoms with Crippen molar-refractivity contribution in [1.29, 1.82) is 0 Å². The van der Waals surface area contributed by atoms with Crippen molar-refractivity contribution in [2.45, 2.75) is 18.7 Å². The van der Waals surface area contributed by atoms with Crippen LogP contribution < -0.4 is 15.0 Å². The van der Waals surface area contributed by atoms with E-state index in [4.69, 9.17) is 21.7 Å². The van der Waals surface area contributed by atoms with E-state index in [0.29, 0.717) is 5.11 Å². The number of hydrogen-bond donors (Lipinski definition) is 1. The Morgan fingerprint density at radius 2 is 2.18 bits per heavy atom. The van der Waals surface area contributed by atoms with Crippen LogP contribution in [-0.2, 0) is 9.53 Å². The summed E-state index contributed by atoms with van der Waals surface area (Å²) >= 11 is 9.19. The van der Waals surface area contributed by atoms with Crippen LogP contribution in [0.5, 0.6) is 5.75 Å². The zero-order chi connectivity index (χ0) is 19.9. The van der Waals surface area contributed by atoms with Gasteiger partial charge in [0.25, 0.3) is 0 Å². The average molecular weight is 459 g/mol. The highest BCUT2D eigenvalue weighted by Crippen LogP contribution is 2.49. The average Bonchev–Trinajstić information content (AvgIpc) is 2.65. The zero-order valence-electron chi connectivity index (χ0n) is 15.2. The summed E-state index contributed by atoms with van der Waals surface area (Å²) in [6.07, 6.45) is 1.55. The number of hydrogen-bond acceptors (Lipinski definition) is 4. The van der Waals surface area contributed by atoms with E-state index in [9.17, 15) is 4.79 Å². The minimum Gasteiger partial charge on any atom is -0.466 e. The molecule has 0 aliphatic carbocycles. The fourth-order valence-electron chi connectivity index (χ4n) is 3.92. The Labute approximate surface area is 177 Å². The van der Waals surface area contributed by atoms with Crippen molar-refractivity contribution in [3.05, 3.63) is 71.2 Å².